The molecule has 0 unspecified atom stereocenters. The summed E-state index contributed by atoms with van der Waals surface area (Å²) < 4.78 is 26.7. The minimum Gasteiger partial charge on any atom is -0.353 e. The summed E-state index contributed by atoms with van der Waals surface area (Å²) in [6.45, 7) is 3.22. The van der Waals surface area contributed by atoms with Gasteiger partial charge in [-0.15, -0.1) is 4.40 Å². The standard InChI is InChI=1S/C12H17N3O2S/c1-18(16,17)14-12(11-5-3-2-4-6-11)15-9-7-13-8-10-15/h2-6,13H,7-10H2,1H3. The summed E-state index contributed by atoms with van der Waals surface area (Å²) in [6.07, 6.45) is 1.12. The molecule has 0 saturated carbocycles. The average Bonchev–Trinajstić information content (AvgIpc) is 2.37. The monoisotopic (exact) mass is 267 g/mol. The van der Waals surface area contributed by atoms with Gasteiger partial charge in [0.1, 0.15) is 5.84 Å². The van der Waals surface area contributed by atoms with E-state index in [9.17, 15) is 8.42 Å². The third kappa shape index (κ3) is 3.54. The van der Waals surface area contributed by atoms with Crippen molar-refractivity contribution in [3.05, 3.63) is 35.9 Å². The zero-order chi connectivity index (χ0) is 13.0. The van der Waals surface area contributed by atoms with Crippen LogP contribution in [-0.4, -0.2) is 51.6 Å². The van der Waals surface area contributed by atoms with Crippen molar-refractivity contribution in [1.82, 2.24) is 10.2 Å². The van der Waals surface area contributed by atoms with Crippen molar-refractivity contribution < 1.29 is 8.42 Å². The Morgan fingerprint density at radius 2 is 1.83 bits per heavy atom. The molecule has 1 saturated heterocycles. The molecule has 0 aromatic heterocycles. The van der Waals surface area contributed by atoms with Crippen molar-refractivity contribution in [2.45, 2.75) is 0 Å². The minimum absolute atomic E-state index is 0.541. The number of nitrogens with zero attached hydrogens (tertiary/aromatic N) is 2. The van der Waals surface area contributed by atoms with Crippen molar-refractivity contribution in [3.8, 4) is 0 Å². The van der Waals surface area contributed by atoms with E-state index in [2.05, 4.69) is 9.71 Å². The Balaban J connectivity index is 2.37. The molecular weight excluding hydrogens is 250 g/mol. The Hall–Kier alpha value is -1.40. The van der Waals surface area contributed by atoms with Crippen molar-refractivity contribution in [1.29, 1.82) is 0 Å². The van der Waals surface area contributed by atoms with E-state index >= 15 is 0 Å². The highest BCUT2D eigenvalue weighted by molar-refractivity contribution is 7.89. The highest BCUT2D eigenvalue weighted by Crippen LogP contribution is 2.09. The molecule has 1 aromatic carbocycles. The van der Waals surface area contributed by atoms with Gasteiger partial charge in [-0.25, -0.2) is 8.42 Å². The molecule has 2 rings (SSSR count). The number of hydrogen-bond acceptors (Lipinski definition) is 3. The largest absolute Gasteiger partial charge is 0.353 e. The maximum absolute atomic E-state index is 11.4. The molecule has 1 fully saturated rings. The molecule has 0 aliphatic carbocycles. The Morgan fingerprint density at radius 3 is 2.39 bits per heavy atom. The molecule has 98 valence electrons. The lowest BCUT2D eigenvalue weighted by atomic mass is 10.2. The molecule has 1 aliphatic heterocycles. The van der Waals surface area contributed by atoms with Crippen LogP contribution in [0.3, 0.4) is 0 Å². The molecule has 0 amide bonds. The van der Waals surface area contributed by atoms with Crippen LogP contribution >= 0.6 is 0 Å². The molecule has 1 heterocycles. The number of nitrogens with one attached hydrogen (secondary N) is 1. The number of sulfonamides is 1. The van der Waals surface area contributed by atoms with E-state index in [4.69, 9.17) is 0 Å². The van der Waals surface area contributed by atoms with E-state index in [1.807, 2.05) is 35.2 Å². The van der Waals surface area contributed by atoms with Crippen molar-refractivity contribution in [2.24, 2.45) is 4.40 Å². The molecule has 1 N–H and O–H groups in total. The second-order valence-electron chi connectivity index (χ2n) is 4.25. The average molecular weight is 267 g/mol. The summed E-state index contributed by atoms with van der Waals surface area (Å²) in [4.78, 5) is 2.01. The molecule has 0 spiro atoms. The van der Waals surface area contributed by atoms with Crippen LogP contribution in [-0.2, 0) is 10.0 Å². The van der Waals surface area contributed by atoms with Gasteiger partial charge in [0, 0.05) is 31.7 Å². The maximum atomic E-state index is 11.4. The first kappa shape index (κ1) is 13.0. The molecule has 0 atom stereocenters. The zero-order valence-electron chi connectivity index (χ0n) is 10.3. The highest BCUT2D eigenvalue weighted by atomic mass is 32.2. The van der Waals surface area contributed by atoms with Gasteiger partial charge in [-0.2, -0.15) is 0 Å². The number of piperazine rings is 1. The Bertz CT molecular complexity index is 520. The van der Waals surface area contributed by atoms with E-state index in [0.717, 1.165) is 38.0 Å². The van der Waals surface area contributed by atoms with Gasteiger partial charge in [0.05, 0.1) is 6.26 Å². The fraction of sp³-hybridized carbons (Fsp3) is 0.417. The van der Waals surface area contributed by atoms with E-state index in [-0.39, 0.29) is 0 Å². The smallest absolute Gasteiger partial charge is 0.252 e. The van der Waals surface area contributed by atoms with Crippen LogP contribution in [0.15, 0.2) is 34.7 Å². The first-order valence-electron chi connectivity index (χ1n) is 5.87. The third-order valence-electron chi connectivity index (χ3n) is 2.70. The summed E-state index contributed by atoms with van der Waals surface area (Å²) in [7, 11) is -3.39. The molecule has 18 heavy (non-hydrogen) atoms. The summed E-state index contributed by atoms with van der Waals surface area (Å²) in [6, 6.07) is 9.43. The van der Waals surface area contributed by atoms with E-state index in [0.29, 0.717) is 5.84 Å². The third-order valence-corrected chi connectivity index (χ3v) is 3.21. The number of hydrogen-bond donors (Lipinski definition) is 1. The fourth-order valence-corrected chi connectivity index (χ4v) is 2.45. The second kappa shape index (κ2) is 5.49. The lowest BCUT2D eigenvalue weighted by Gasteiger charge is -2.30. The van der Waals surface area contributed by atoms with Crippen molar-refractivity contribution >= 4 is 15.9 Å². The van der Waals surface area contributed by atoms with Gasteiger partial charge in [-0.3, -0.25) is 0 Å². The minimum atomic E-state index is -3.39. The fourth-order valence-electron chi connectivity index (χ4n) is 1.91. The molecule has 5 nitrogen and oxygen atoms in total. The lowest BCUT2D eigenvalue weighted by Crippen LogP contribution is -2.47. The lowest BCUT2D eigenvalue weighted by molar-refractivity contribution is 0.358. The van der Waals surface area contributed by atoms with Crippen LogP contribution in [0.4, 0.5) is 0 Å². The first-order chi connectivity index (χ1) is 8.56. The zero-order valence-corrected chi connectivity index (χ0v) is 11.2. The number of rotatable bonds is 2. The topological polar surface area (TPSA) is 61.8 Å². The van der Waals surface area contributed by atoms with Gasteiger partial charge >= 0.3 is 0 Å². The van der Waals surface area contributed by atoms with Crippen LogP contribution in [0.2, 0.25) is 0 Å². The summed E-state index contributed by atoms with van der Waals surface area (Å²) in [5.74, 6) is 0.541. The summed E-state index contributed by atoms with van der Waals surface area (Å²) >= 11 is 0. The molecule has 0 bridgehead atoms. The normalized spacial score (nSPS) is 17.8. The molecule has 0 radical (unpaired) electrons. The van der Waals surface area contributed by atoms with Crippen LogP contribution in [0.1, 0.15) is 5.56 Å². The Kier molecular flexibility index (Phi) is 3.98. The van der Waals surface area contributed by atoms with E-state index < -0.39 is 10.0 Å². The molecular formula is C12H17N3O2S. The van der Waals surface area contributed by atoms with Gasteiger partial charge in [-0.1, -0.05) is 30.3 Å². The number of amidine groups is 1. The first-order valence-corrected chi connectivity index (χ1v) is 7.72. The van der Waals surface area contributed by atoms with Gasteiger partial charge in [-0.05, 0) is 0 Å². The molecule has 6 heteroatoms. The Labute approximate surface area is 108 Å². The van der Waals surface area contributed by atoms with Gasteiger partial charge in [0.15, 0.2) is 0 Å². The van der Waals surface area contributed by atoms with Crippen LogP contribution in [0.25, 0.3) is 0 Å². The van der Waals surface area contributed by atoms with Crippen LogP contribution in [0.5, 0.6) is 0 Å². The van der Waals surface area contributed by atoms with Gasteiger partial charge in [0.25, 0.3) is 10.0 Å². The highest BCUT2D eigenvalue weighted by Gasteiger charge is 2.17. The predicted molar refractivity (Wildman–Crippen MR) is 72.3 cm³/mol. The SMILES string of the molecule is CS(=O)(=O)N=C(c1ccccc1)N1CCNCC1. The van der Waals surface area contributed by atoms with Crippen molar-refractivity contribution in [3.63, 3.8) is 0 Å². The second-order valence-corrected chi connectivity index (χ2v) is 5.90. The molecule has 1 aliphatic rings. The Morgan fingerprint density at radius 1 is 1.22 bits per heavy atom. The molecule has 1 aromatic rings. The van der Waals surface area contributed by atoms with Crippen LogP contribution < -0.4 is 5.32 Å². The summed E-state index contributed by atoms with van der Waals surface area (Å²) in [5.41, 5.74) is 0.838. The van der Waals surface area contributed by atoms with Gasteiger partial charge < -0.3 is 10.2 Å². The van der Waals surface area contributed by atoms with E-state index in [1.54, 1.807) is 0 Å². The predicted octanol–water partition coefficient (Wildman–Crippen LogP) is 0.298. The van der Waals surface area contributed by atoms with Crippen molar-refractivity contribution in [2.75, 3.05) is 32.4 Å². The number of benzene rings is 1. The summed E-state index contributed by atoms with van der Waals surface area (Å²) in [5, 5.41) is 3.24. The maximum Gasteiger partial charge on any atom is 0.252 e. The van der Waals surface area contributed by atoms with E-state index in [1.165, 1.54) is 0 Å². The van der Waals surface area contributed by atoms with Crippen LogP contribution in [0, 0.1) is 0 Å². The quantitative estimate of drug-likeness (QED) is 0.618. The van der Waals surface area contributed by atoms with Gasteiger partial charge in [0.2, 0.25) is 0 Å².